The van der Waals surface area contributed by atoms with E-state index in [2.05, 4.69) is 0 Å². The van der Waals surface area contributed by atoms with Gasteiger partial charge < -0.3 is 5.11 Å². The third-order valence-corrected chi connectivity index (χ3v) is 5.29. The third kappa shape index (κ3) is 3.00. The Labute approximate surface area is 120 Å². The van der Waals surface area contributed by atoms with Gasteiger partial charge in [-0.1, -0.05) is 30.1 Å². The lowest BCUT2D eigenvalue weighted by molar-refractivity contribution is 0.0697. The highest BCUT2D eigenvalue weighted by atomic mass is 35.5. The summed E-state index contributed by atoms with van der Waals surface area (Å²) in [5.74, 6) is -1.39. The molecule has 0 amide bonds. The molecule has 5 nitrogen and oxygen atoms in total. The fourth-order valence-corrected chi connectivity index (χ4v) is 3.79. The van der Waals surface area contributed by atoms with Gasteiger partial charge in [-0.15, -0.1) is 0 Å². The Bertz CT molecular complexity index is 664. The van der Waals surface area contributed by atoms with Crippen molar-refractivity contribution in [2.24, 2.45) is 0 Å². The Kier molecular flexibility index (Phi) is 4.80. The van der Waals surface area contributed by atoms with Crippen molar-refractivity contribution in [1.82, 2.24) is 0 Å². The van der Waals surface area contributed by atoms with Gasteiger partial charge in [-0.05, 0) is 18.6 Å². The largest absolute Gasteiger partial charge is 0.478 e. The molecule has 8 heteroatoms. The summed E-state index contributed by atoms with van der Waals surface area (Å²) in [4.78, 5) is 10.5. The van der Waals surface area contributed by atoms with Gasteiger partial charge in [-0.2, -0.15) is 5.26 Å². The Hall–Kier alpha value is -1.29. The lowest BCUT2D eigenvalue weighted by atomic mass is 10.2. The molecule has 1 atom stereocenters. The van der Waals surface area contributed by atoms with Gasteiger partial charge in [0.1, 0.15) is 0 Å². The van der Waals surface area contributed by atoms with Crippen LogP contribution in [0.25, 0.3) is 0 Å². The number of nitriles is 1. The number of sulfone groups is 1. The van der Waals surface area contributed by atoms with Gasteiger partial charge in [0.25, 0.3) is 0 Å². The molecule has 0 heterocycles. The summed E-state index contributed by atoms with van der Waals surface area (Å²) in [6.07, 6.45) is 0.0596. The minimum Gasteiger partial charge on any atom is -0.478 e. The Morgan fingerprint density at radius 3 is 2.47 bits per heavy atom. The number of carboxylic acid groups (broad SMARTS) is 1. The molecule has 0 aliphatic heterocycles. The molecule has 0 aromatic heterocycles. The van der Waals surface area contributed by atoms with Crippen molar-refractivity contribution in [2.45, 2.75) is 23.5 Å². The number of hydrogen-bond acceptors (Lipinski definition) is 4. The van der Waals surface area contributed by atoms with Gasteiger partial charge in [-0.3, -0.25) is 0 Å². The minimum atomic E-state index is -4.05. The maximum atomic E-state index is 12.2. The molecule has 0 saturated heterocycles. The molecule has 19 heavy (non-hydrogen) atoms. The SMILES string of the molecule is CCC(C#N)S(=O)(=O)c1cc(Cl)cc(C(=O)O)c1Cl. The fraction of sp³-hybridized carbons (Fsp3) is 0.273. The molecule has 1 aromatic carbocycles. The van der Waals surface area contributed by atoms with Crippen LogP contribution in [0.2, 0.25) is 10.0 Å². The zero-order valence-corrected chi connectivity index (χ0v) is 12.1. The molecular formula is C11H9Cl2NO4S. The first-order valence-electron chi connectivity index (χ1n) is 5.11. The van der Waals surface area contributed by atoms with Crippen LogP contribution in [0.4, 0.5) is 0 Å². The van der Waals surface area contributed by atoms with Crippen molar-refractivity contribution < 1.29 is 18.3 Å². The molecule has 102 valence electrons. The summed E-state index contributed by atoms with van der Waals surface area (Å²) < 4.78 is 24.4. The van der Waals surface area contributed by atoms with E-state index >= 15 is 0 Å². The van der Waals surface area contributed by atoms with Gasteiger partial charge in [0.2, 0.25) is 0 Å². The number of rotatable bonds is 4. The summed E-state index contributed by atoms with van der Waals surface area (Å²) in [7, 11) is -4.05. The van der Waals surface area contributed by atoms with Gasteiger partial charge in [-0.25, -0.2) is 13.2 Å². The average molecular weight is 322 g/mol. The summed E-state index contributed by atoms with van der Waals surface area (Å²) in [5, 5.41) is 16.0. The summed E-state index contributed by atoms with van der Waals surface area (Å²) in [6, 6.07) is 3.75. The molecule has 1 rings (SSSR count). The number of nitrogens with zero attached hydrogens (tertiary/aromatic N) is 1. The maximum absolute atomic E-state index is 12.2. The lowest BCUT2D eigenvalue weighted by Gasteiger charge is -2.12. The number of aromatic carboxylic acids is 1. The van der Waals surface area contributed by atoms with E-state index in [4.69, 9.17) is 33.6 Å². The number of benzene rings is 1. The van der Waals surface area contributed by atoms with E-state index in [0.717, 1.165) is 12.1 Å². The van der Waals surface area contributed by atoms with Crippen molar-refractivity contribution in [3.8, 4) is 6.07 Å². The predicted octanol–water partition coefficient (Wildman–Crippen LogP) is 2.77. The van der Waals surface area contributed by atoms with Gasteiger partial charge in [0.05, 0.1) is 21.6 Å². The van der Waals surface area contributed by atoms with Crippen LogP contribution in [0, 0.1) is 11.3 Å². The van der Waals surface area contributed by atoms with Crippen LogP contribution < -0.4 is 0 Å². The molecule has 0 bridgehead atoms. The summed E-state index contributed by atoms with van der Waals surface area (Å²) in [6.45, 7) is 1.53. The zero-order chi connectivity index (χ0) is 14.8. The predicted molar refractivity (Wildman–Crippen MR) is 70.3 cm³/mol. The summed E-state index contributed by atoms with van der Waals surface area (Å²) >= 11 is 11.5. The number of carboxylic acids is 1. The van der Waals surface area contributed by atoms with Gasteiger partial charge in [0.15, 0.2) is 15.1 Å². The van der Waals surface area contributed by atoms with E-state index in [9.17, 15) is 13.2 Å². The van der Waals surface area contributed by atoms with Crippen LogP contribution in [0.3, 0.4) is 0 Å². The molecule has 0 aliphatic rings. The Morgan fingerprint density at radius 1 is 1.47 bits per heavy atom. The highest BCUT2D eigenvalue weighted by Gasteiger charge is 2.30. The Balaban J connectivity index is 3.61. The summed E-state index contributed by atoms with van der Waals surface area (Å²) in [5.41, 5.74) is -0.416. The van der Waals surface area contributed by atoms with Gasteiger partial charge >= 0.3 is 5.97 Å². The van der Waals surface area contributed by atoms with E-state index in [1.54, 1.807) is 6.07 Å². The molecule has 1 unspecified atom stereocenters. The zero-order valence-electron chi connectivity index (χ0n) is 9.72. The maximum Gasteiger partial charge on any atom is 0.337 e. The number of halogens is 2. The van der Waals surface area contributed by atoms with E-state index in [0.29, 0.717) is 0 Å². The lowest BCUT2D eigenvalue weighted by Crippen LogP contribution is -2.20. The van der Waals surface area contributed by atoms with Crippen LogP contribution in [-0.4, -0.2) is 24.7 Å². The van der Waals surface area contributed by atoms with Crippen molar-refractivity contribution >= 4 is 39.0 Å². The van der Waals surface area contributed by atoms with Crippen molar-refractivity contribution in [1.29, 1.82) is 5.26 Å². The fourth-order valence-electron chi connectivity index (χ4n) is 1.46. The number of carbonyl (C=O) groups is 1. The second-order valence-corrected chi connectivity index (χ2v) is 6.55. The smallest absolute Gasteiger partial charge is 0.337 e. The molecule has 0 saturated carbocycles. The van der Waals surface area contributed by atoms with Crippen LogP contribution in [0.5, 0.6) is 0 Å². The van der Waals surface area contributed by atoms with Crippen molar-refractivity contribution in [3.63, 3.8) is 0 Å². The first-order chi connectivity index (χ1) is 8.75. The molecule has 0 aliphatic carbocycles. The highest BCUT2D eigenvalue weighted by Crippen LogP contribution is 2.32. The van der Waals surface area contributed by atoms with Crippen LogP contribution in [0.15, 0.2) is 17.0 Å². The molecule has 1 aromatic rings. The van der Waals surface area contributed by atoms with Crippen LogP contribution in [-0.2, 0) is 9.84 Å². The normalized spacial score (nSPS) is 12.7. The molecular weight excluding hydrogens is 313 g/mol. The quantitative estimate of drug-likeness (QED) is 0.919. The second-order valence-electron chi connectivity index (χ2n) is 3.64. The first kappa shape index (κ1) is 15.8. The Morgan fingerprint density at radius 2 is 2.05 bits per heavy atom. The monoisotopic (exact) mass is 321 g/mol. The minimum absolute atomic E-state index is 0.0596. The topological polar surface area (TPSA) is 95.2 Å². The van der Waals surface area contributed by atoms with E-state index < -0.39 is 36.5 Å². The van der Waals surface area contributed by atoms with Crippen molar-refractivity contribution in [2.75, 3.05) is 0 Å². The number of hydrogen-bond donors (Lipinski definition) is 1. The third-order valence-electron chi connectivity index (χ3n) is 2.43. The van der Waals surface area contributed by atoms with E-state index in [1.807, 2.05) is 0 Å². The molecule has 0 radical (unpaired) electrons. The molecule has 1 N–H and O–H groups in total. The molecule has 0 fully saturated rings. The highest BCUT2D eigenvalue weighted by molar-refractivity contribution is 7.92. The van der Waals surface area contributed by atoms with E-state index in [-0.39, 0.29) is 11.4 Å². The average Bonchev–Trinajstić information content (AvgIpc) is 2.32. The van der Waals surface area contributed by atoms with Crippen LogP contribution >= 0.6 is 23.2 Å². The van der Waals surface area contributed by atoms with Crippen molar-refractivity contribution in [3.05, 3.63) is 27.7 Å². The molecule has 0 spiro atoms. The standard InChI is InChI=1S/C11H9Cl2NO4S/c1-2-7(5-14)19(17,18)9-4-6(12)3-8(10(9)13)11(15)16/h3-4,7H,2H2,1H3,(H,15,16). The first-order valence-corrected chi connectivity index (χ1v) is 7.41. The van der Waals surface area contributed by atoms with Crippen LogP contribution in [0.1, 0.15) is 23.7 Å². The second kappa shape index (κ2) is 5.78. The van der Waals surface area contributed by atoms with E-state index in [1.165, 1.54) is 6.92 Å². The van der Waals surface area contributed by atoms with Gasteiger partial charge in [0, 0.05) is 5.02 Å².